The van der Waals surface area contributed by atoms with Crippen molar-refractivity contribution in [1.82, 2.24) is 0 Å². The summed E-state index contributed by atoms with van der Waals surface area (Å²) in [6.07, 6.45) is 1.94. The smallest absolute Gasteiger partial charge is 0.374 e. The molecule has 3 aromatic rings. The molecule has 1 fully saturated rings. The van der Waals surface area contributed by atoms with Crippen LogP contribution in [0.4, 0.5) is 0 Å². The summed E-state index contributed by atoms with van der Waals surface area (Å²) >= 11 is 0. The number of rotatable bonds is 6. The first-order valence-electron chi connectivity index (χ1n) is 8.77. The molecule has 2 aromatic carbocycles. The highest BCUT2D eigenvalue weighted by atomic mass is 16.6. The molecule has 0 spiro atoms. The summed E-state index contributed by atoms with van der Waals surface area (Å²) in [5.41, 5.74) is 0. The summed E-state index contributed by atoms with van der Waals surface area (Å²) in [6.45, 7) is 1.25. The summed E-state index contributed by atoms with van der Waals surface area (Å²) in [4.78, 5) is 12.0. The number of furan rings is 1. The first kappa shape index (κ1) is 16.7. The molecule has 1 atom stereocenters. The fourth-order valence-electron chi connectivity index (χ4n) is 2.99. The van der Waals surface area contributed by atoms with E-state index in [9.17, 15) is 4.79 Å². The van der Waals surface area contributed by atoms with Crippen LogP contribution in [0.3, 0.4) is 0 Å². The van der Waals surface area contributed by atoms with Gasteiger partial charge in [0.05, 0.1) is 6.10 Å². The van der Waals surface area contributed by atoms with Crippen LogP contribution in [0, 0.1) is 0 Å². The molecule has 5 nitrogen and oxygen atoms in total. The van der Waals surface area contributed by atoms with E-state index in [1.807, 2.05) is 36.4 Å². The molecule has 0 unspecified atom stereocenters. The molecule has 26 heavy (non-hydrogen) atoms. The average molecular weight is 352 g/mol. The van der Waals surface area contributed by atoms with Gasteiger partial charge in [-0.3, -0.25) is 0 Å². The zero-order chi connectivity index (χ0) is 17.8. The fourth-order valence-corrected chi connectivity index (χ4v) is 2.99. The Morgan fingerprint density at radius 2 is 1.96 bits per heavy atom. The predicted molar refractivity (Wildman–Crippen MR) is 96.2 cm³/mol. The molecule has 2 heterocycles. The Balaban J connectivity index is 1.33. The van der Waals surface area contributed by atoms with Crippen LogP contribution in [0.15, 0.2) is 59.0 Å². The lowest BCUT2D eigenvalue weighted by molar-refractivity contribution is 0.0134. The van der Waals surface area contributed by atoms with Crippen molar-refractivity contribution in [2.24, 2.45) is 0 Å². The molecule has 1 aliphatic heterocycles. The van der Waals surface area contributed by atoms with Gasteiger partial charge in [-0.1, -0.05) is 30.3 Å². The van der Waals surface area contributed by atoms with Crippen molar-refractivity contribution < 1.29 is 23.4 Å². The third-order valence-corrected chi connectivity index (χ3v) is 4.39. The predicted octanol–water partition coefficient (Wildman–Crippen LogP) is 4.35. The highest BCUT2D eigenvalue weighted by Gasteiger charge is 2.19. The SMILES string of the molecule is O=C(OC[C@@H]1CCCO1)c1ccc(COc2ccc3ccccc3c2)o1. The van der Waals surface area contributed by atoms with Crippen LogP contribution in [-0.2, 0) is 16.1 Å². The van der Waals surface area contributed by atoms with E-state index in [-0.39, 0.29) is 25.1 Å². The first-order chi connectivity index (χ1) is 12.8. The lowest BCUT2D eigenvalue weighted by Gasteiger charge is -2.09. The zero-order valence-corrected chi connectivity index (χ0v) is 14.4. The second-order valence-electron chi connectivity index (χ2n) is 6.30. The molecule has 4 rings (SSSR count). The number of carbonyl (C=O) groups excluding carboxylic acids is 1. The molecule has 0 aliphatic carbocycles. The van der Waals surface area contributed by atoms with Crippen LogP contribution >= 0.6 is 0 Å². The van der Waals surface area contributed by atoms with Crippen LogP contribution < -0.4 is 4.74 Å². The lowest BCUT2D eigenvalue weighted by Crippen LogP contribution is -2.17. The lowest BCUT2D eigenvalue weighted by atomic mass is 10.1. The number of ether oxygens (including phenoxy) is 3. The number of hydrogen-bond acceptors (Lipinski definition) is 5. The zero-order valence-electron chi connectivity index (χ0n) is 14.4. The monoisotopic (exact) mass is 352 g/mol. The fraction of sp³-hybridized carbons (Fsp3) is 0.286. The molecule has 1 saturated heterocycles. The van der Waals surface area contributed by atoms with Gasteiger partial charge >= 0.3 is 5.97 Å². The number of benzene rings is 2. The Morgan fingerprint density at radius 3 is 2.81 bits per heavy atom. The molecule has 5 heteroatoms. The van der Waals surface area contributed by atoms with Crippen molar-refractivity contribution in [3.63, 3.8) is 0 Å². The van der Waals surface area contributed by atoms with E-state index in [2.05, 4.69) is 6.07 Å². The molecule has 0 amide bonds. The van der Waals surface area contributed by atoms with Gasteiger partial charge in [-0.25, -0.2) is 4.79 Å². The van der Waals surface area contributed by atoms with Crippen LogP contribution in [-0.4, -0.2) is 25.3 Å². The minimum Gasteiger partial charge on any atom is -0.486 e. The molecule has 0 saturated carbocycles. The van der Waals surface area contributed by atoms with Crippen LogP contribution in [0.25, 0.3) is 10.8 Å². The summed E-state index contributed by atoms with van der Waals surface area (Å²) < 4.78 is 22.0. The van der Waals surface area contributed by atoms with E-state index in [1.165, 1.54) is 0 Å². The summed E-state index contributed by atoms with van der Waals surface area (Å²) in [5.74, 6) is 1.03. The number of fused-ring (bicyclic) bond motifs is 1. The van der Waals surface area contributed by atoms with Crippen LogP contribution in [0.1, 0.15) is 29.2 Å². The van der Waals surface area contributed by atoms with E-state index in [4.69, 9.17) is 18.6 Å². The minimum absolute atomic E-state index is 0.00428. The number of esters is 1. The maximum atomic E-state index is 12.0. The maximum Gasteiger partial charge on any atom is 0.374 e. The van der Waals surface area contributed by atoms with Crippen molar-refractivity contribution in [2.75, 3.05) is 13.2 Å². The van der Waals surface area contributed by atoms with Gasteiger partial charge in [-0.15, -0.1) is 0 Å². The normalized spacial score (nSPS) is 16.7. The van der Waals surface area contributed by atoms with Gasteiger partial charge in [0, 0.05) is 6.61 Å². The Kier molecular flexibility index (Phi) is 4.88. The number of hydrogen-bond donors (Lipinski definition) is 0. The number of carbonyl (C=O) groups is 1. The molecular formula is C21H20O5. The Bertz CT molecular complexity index is 892. The summed E-state index contributed by atoms with van der Waals surface area (Å²) in [5, 5.41) is 2.27. The van der Waals surface area contributed by atoms with Crippen LogP contribution in [0.2, 0.25) is 0 Å². The van der Waals surface area contributed by atoms with E-state index >= 15 is 0 Å². The van der Waals surface area contributed by atoms with Gasteiger partial charge in [0.1, 0.15) is 24.7 Å². The van der Waals surface area contributed by atoms with Gasteiger partial charge in [-0.2, -0.15) is 0 Å². The quantitative estimate of drug-likeness (QED) is 0.617. The van der Waals surface area contributed by atoms with Gasteiger partial charge in [0.15, 0.2) is 0 Å². The highest BCUT2D eigenvalue weighted by molar-refractivity contribution is 5.86. The minimum atomic E-state index is -0.475. The molecule has 1 aromatic heterocycles. The standard InChI is InChI=1S/C21H20O5/c22-21(25-13-18-6-3-11-23-18)20-10-9-19(26-20)14-24-17-8-7-15-4-1-2-5-16(15)12-17/h1-2,4-5,7-10,12,18H,3,6,11,13-14H2/t18-/m0/s1. The third-order valence-electron chi connectivity index (χ3n) is 4.39. The van der Waals surface area contributed by atoms with E-state index in [0.717, 1.165) is 36.0 Å². The molecule has 0 N–H and O–H groups in total. The van der Waals surface area contributed by atoms with Gasteiger partial charge in [0.25, 0.3) is 0 Å². The Hall–Kier alpha value is -2.79. The molecular weight excluding hydrogens is 332 g/mol. The third kappa shape index (κ3) is 3.89. The largest absolute Gasteiger partial charge is 0.486 e. The summed E-state index contributed by atoms with van der Waals surface area (Å²) in [7, 11) is 0. The summed E-state index contributed by atoms with van der Waals surface area (Å²) in [6, 6.07) is 17.3. The van der Waals surface area contributed by atoms with Crippen molar-refractivity contribution in [2.45, 2.75) is 25.6 Å². The van der Waals surface area contributed by atoms with Gasteiger partial charge < -0.3 is 18.6 Å². The molecule has 0 bridgehead atoms. The van der Waals surface area contributed by atoms with Crippen LogP contribution in [0.5, 0.6) is 5.75 Å². The Labute approximate surface area is 151 Å². The van der Waals surface area contributed by atoms with E-state index < -0.39 is 5.97 Å². The first-order valence-corrected chi connectivity index (χ1v) is 8.77. The topological polar surface area (TPSA) is 57.9 Å². The van der Waals surface area contributed by atoms with Crippen molar-refractivity contribution in [1.29, 1.82) is 0 Å². The average Bonchev–Trinajstić information content (AvgIpc) is 3.36. The molecule has 1 aliphatic rings. The van der Waals surface area contributed by atoms with E-state index in [1.54, 1.807) is 12.1 Å². The maximum absolute atomic E-state index is 12.0. The van der Waals surface area contributed by atoms with E-state index in [0.29, 0.717) is 5.76 Å². The van der Waals surface area contributed by atoms with Crippen molar-refractivity contribution >= 4 is 16.7 Å². The second kappa shape index (κ2) is 7.62. The molecule has 0 radical (unpaired) electrons. The van der Waals surface area contributed by atoms with Gasteiger partial charge in [-0.05, 0) is 47.9 Å². The van der Waals surface area contributed by atoms with Crippen molar-refractivity contribution in [3.8, 4) is 5.75 Å². The van der Waals surface area contributed by atoms with Gasteiger partial charge in [0.2, 0.25) is 5.76 Å². The van der Waals surface area contributed by atoms with Crippen molar-refractivity contribution in [3.05, 3.63) is 66.1 Å². The Morgan fingerprint density at radius 1 is 1.08 bits per heavy atom. The second-order valence-corrected chi connectivity index (χ2v) is 6.30. The molecule has 134 valence electrons. The highest BCUT2D eigenvalue weighted by Crippen LogP contribution is 2.22.